The summed E-state index contributed by atoms with van der Waals surface area (Å²) in [4.78, 5) is 2.68. The number of aromatic amines is 1. The lowest BCUT2D eigenvalue weighted by Crippen LogP contribution is -2.23. The van der Waals surface area contributed by atoms with Gasteiger partial charge in [0.15, 0.2) is 5.69 Å². The van der Waals surface area contributed by atoms with Crippen LogP contribution >= 0.6 is 12.2 Å². The van der Waals surface area contributed by atoms with Crippen molar-refractivity contribution in [2.75, 3.05) is 20.3 Å². The van der Waals surface area contributed by atoms with E-state index in [0.717, 1.165) is 0 Å². The minimum absolute atomic E-state index is 0.149. The summed E-state index contributed by atoms with van der Waals surface area (Å²) >= 11 is 4.94. The van der Waals surface area contributed by atoms with Gasteiger partial charge in [0, 0.05) is 19.0 Å². The van der Waals surface area contributed by atoms with Crippen LogP contribution in [0.1, 0.15) is 0 Å². The third kappa shape index (κ3) is 3.28. The van der Waals surface area contributed by atoms with Gasteiger partial charge in [0.05, 0.1) is 12.1 Å². The summed E-state index contributed by atoms with van der Waals surface area (Å²) in [6.45, 7) is 0.988. The van der Waals surface area contributed by atoms with E-state index in [0.29, 0.717) is 24.1 Å². The van der Waals surface area contributed by atoms with E-state index in [9.17, 15) is 9.50 Å². The third-order valence-electron chi connectivity index (χ3n) is 2.54. The number of azo groups is 1. The fourth-order valence-electron chi connectivity index (χ4n) is 1.63. The number of benzene rings is 1. The molecule has 0 saturated heterocycles. The molecular formula is C12H13FN4O2S. The highest BCUT2D eigenvalue weighted by atomic mass is 32.1. The average Bonchev–Trinajstić information content (AvgIpc) is 2.72. The normalized spacial score (nSPS) is 11.3. The number of nitrogens with one attached hydrogen (secondary N) is 2. The van der Waals surface area contributed by atoms with Crippen LogP contribution in [-0.2, 0) is 4.74 Å². The first-order valence-electron chi connectivity index (χ1n) is 5.80. The monoisotopic (exact) mass is 296 g/mol. The van der Waals surface area contributed by atoms with Crippen molar-refractivity contribution in [2.24, 2.45) is 10.2 Å². The lowest BCUT2D eigenvalue weighted by atomic mass is 10.2. The van der Waals surface area contributed by atoms with Crippen molar-refractivity contribution in [3.05, 3.63) is 24.0 Å². The highest BCUT2D eigenvalue weighted by Crippen LogP contribution is 2.35. The summed E-state index contributed by atoms with van der Waals surface area (Å²) in [6, 6.07) is 4.07. The second kappa shape index (κ2) is 6.40. The maximum Gasteiger partial charge on any atom is 0.218 e. The van der Waals surface area contributed by atoms with Crippen LogP contribution in [0.25, 0.3) is 10.9 Å². The van der Waals surface area contributed by atoms with Crippen LogP contribution in [0.15, 0.2) is 28.4 Å². The van der Waals surface area contributed by atoms with Crippen LogP contribution in [0, 0.1) is 5.82 Å². The lowest BCUT2D eigenvalue weighted by molar-refractivity contribution is 0.204. The molecule has 0 aliphatic carbocycles. The van der Waals surface area contributed by atoms with E-state index in [1.54, 1.807) is 7.11 Å². The molecule has 1 aromatic carbocycles. The Bertz CT molecular complexity index is 656. The largest absolute Gasteiger partial charge is 0.493 e. The van der Waals surface area contributed by atoms with Crippen LogP contribution in [0.4, 0.5) is 10.1 Å². The zero-order valence-electron chi connectivity index (χ0n) is 10.7. The Morgan fingerprint density at radius 2 is 2.35 bits per heavy atom. The molecule has 3 N–H and O–H groups in total. The van der Waals surface area contributed by atoms with Crippen LogP contribution in [0.2, 0.25) is 0 Å². The highest BCUT2D eigenvalue weighted by Gasteiger charge is 2.11. The van der Waals surface area contributed by atoms with Crippen molar-refractivity contribution in [3.8, 4) is 5.88 Å². The molecule has 0 aliphatic heterocycles. The molecule has 0 unspecified atom stereocenters. The van der Waals surface area contributed by atoms with E-state index < -0.39 is 5.82 Å². The second-order valence-corrected chi connectivity index (χ2v) is 4.32. The third-order valence-corrected chi connectivity index (χ3v) is 2.76. The number of hydrogen-bond donors (Lipinski definition) is 3. The molecule has 20 heavy (non-hydrogen) atoms. The topological polar surface area (TPSA) is 82.0 Å². The summed E-state index contributed by atoms with van der Waals surface area (Å²) in [5.41, 5.74) is 0.714. The lowest BCUT2D eigenvalue weighted by Gasteiger charge is -2.00. The van der Waals surface area contributed by atoms with Crippen LogP contribution in [-0.4, -0.2) is 35.5 Å². The van der Waals surface area contributed by atoms with Gasteiger partial charge in [-0.1, -0.05) is 0 Å². The SMILES string of the molecule is COCCNC(=S)N=Nc1c(O)[nH]c2ccc(F)cc12. The van der Waals surface area contributed by atoms with Crippen molar-refractivity contribution in [1.29, 1.82) is 0 Å². The summed E-state index contributed by atoms with van der Waals surface area (Å²) < 4.78 is 18.1. The molecule has 2 rings (SSSR count). The first kappa shape index (κ1) is 14.4. The summed E-state index contributed by atoms with van der Waals surface area (Å²) in [7, 11) is 1.57. The summed E-state index contributed by atoms with van der Waals surface area (Å²) in [5.74, 6) is -0.609. The van der Waals surface area contributed by atoms with Gasteiger partial charge >= 0.3 is 0 Å². The predicted octanol–water partition coefficient (Wildman–Crippen LogP) is 2.62. The van der Waals surface area contributed by atoms with Gasteiger partial charge in [-0.05, 0) is 30.4 Å². The molecule has 106 valence electrons. The summed E-state index contributed by atoms with van der Waals surface area (Å²) in [5, 5.41) is 20.8. The van der Waals surface area contributed by atoms with Crippen molar-refractivity contribution >= 4 is 33.9 Å². The molecule has 0 bridgehead atoms. The number of aromatic nitrogens is 1. The number of hydrogen-bond acceptors (Lipinski definition) is 4. The van der Waals surface area contributed by atoms with E-state index in [1.165, 1.54) is 18.2 Å². The standard InChI is InChI=1S/C12H13FN4O2S/c1-19-5-4-14-12(20)17-16-10-8-6-7(13)2-3-9(8)15-11(10)18/h2-3,6,15,18H,4-5H2,1H3,(H,14,20). The Morgan fingerprint density at radius 3 is 3.10 bits per heavy atom. The minimum Gasteiger partial charge on any atom is -0.493 e. The number of rotatable bonds is 4. The molecule has 0 spiro atoms. The van der Waals surface area contributed by atoms with Gasteiger partial charge in [0.1, 0.15) is 5.82 Å². The smallest absolute Gasteiger partial charge is 0.218 e. The van der Waals surface area contributed by atoms with Crippen LogP contribution in [0.3, 0.4) is 0 Å². The van der Waals surface area contributed by atoms with E-state index in [-0.39, 0.29) is 16.7 Å². The van der Waals surface area contributed by atoms with E-state index in [4.69, 9.17) is 17.0 Å². The molecular weight excluding hydrogens is 283 g/mol. The number of aromatic hydroxyl groups is 1. The van der Waals surface area contributed by atoms with Gasteiger partial charge in [-0.3, -0.25) is 0 Å². The Morgan fingerprint density at radius 1 is 1.55 bits per heavy atom. The molecule has 0 aliphatic rings. The van der Waals surface area contributed by atoms with E-state index >= 15 is 0 Å². The molecule has 0 radical (unpaired) electrons. The van der Waals surface area contributed by atoms with E-state index in [2.05, 4.69) is 20.5 Å². The molecule has 8 heteroatoms. The minimum atomic E-state index is -0.422. The molecule has 6 nitrogen and oxygen atoms in total. The maximum absolute atomic E-state index is 13.2. The second-order valence-electron chi connectivity index (χ2n) is 3.94. The predicted molar refractivity (Wildman–Crippen MR) is 76.9 cm³/mol. The van der Waals surface area contributed by atoms with Gasteiger partial charge in [-0.25, -0.2) is 4.39 Å². The van der Waals surface area contributed by atoms with Gasteiger partial charge in [0.2, 0.25) is 11.0 Å². The number of fused-ring (bicyclic) bond motifs is 1. The quantitative estimate of drug-likeness (QED) is 0.460. The van der Waals surface area contributed by atoms with Crippen LogP contribution < -0.4 is 5.32 Å². The molecule has 0 fully saturated rings. The zero-order chi connectivity index (χ0) is 14.5. The number of thiocarbonyl (C=S) groups is 1. The number of ether oxygens (including phenoxy) is 1. The fraction of sp³-hybridized carbons (Fsp3) is 0.250. The Labute approximate surface area is 119 Å². The first-order valence-corrected chi connectivity index (χ1v) is 6.21. The highest BCUT2D eigenvalue weighted by molar-refractivity contribution is 7.80. The first-order chi connectivity index (χ1) is 9.61. The Kier molecular flexibility index (Phi) is 4.59. The van der Waals surface area contributed by atoms with Gasteiger partial charge < -0.3 is 20.1 Å². The Balaban J connectivity index is 2.18. The molecule has 0 saturated carbocycles. The summed E-state index contributed by atoms with van der Waals surface area (Å²) in [6.07, 6.45) is 0. The number of halogens is 1. The zero-order valence-corrected chi connectivity index (χ0v) is 11.5. The maximum atomic E-state index is 13.2. The van der Waals surface area contributed by atoms with E-state index in [1.807, 2.05) is 0 Å². The van der Waals surface area contributed by atoms with Gasteiger partial charge in [-0.2, -0.15) is 0 Å². The number of methoxy groups -OCH3 is 1. The number of nitrogens with zero attached hydrogens (tertiary/aromatic N) is 2. The Hall–Kier alpha value is -2.06. The van der Waals surface area contributed by atoms with Gasteiger partial charge in [0.25, 0.3) is 0 Å². The molecule has 2 aromatic rings. The van der Waals surface area contributed by atoms with Crippen molar-refractivity contribution in [1.82, 2.24) is 10.3 Å². The average molecular weight is 296 g/mol. The number of H-pyrrole nitrogens is 1. The molecule has 0 atom stereocenters. The van der Waals surface area contributed by atoms with Crippen molar-refractivity contribution in [3.63, 3.8) is 0 Å². The molecule has 1 heterocycles. The van der Waals surface area contributed by atoms with Crippen molar-refractivity contribution < 1.29 is 14.2 Å². The molecule has 0 amide bonds. The fourth-order valence-corrected chi connectivity index (χ4v) is 1.77. The van der Waals surface area contributed by atoms with Crippen LogP contribution in [0.5, 0.6) is 5.88 Å². The molecule has 1 aromatic heterocycles. The van der Waals surface area contributed by atoms with Crippen molar-refractivity contribution in [2.45, 2.75) is 0 Å². The van der Waals surface area contributed by atoms with Gasteiger partial charge in [-0.15, -0.1) is 10.2 Å².